The molecule has 0 bridgehead atoms. The molecule has 1 aromatic rings. The lowest BCUT2D eigenvalue weighted by Gasteiger charge is -2.09. The number of nitrogens with zero attached hydrogens (tertiary/aromatic N) is 1. The van der Waals surface area contributed by atoms with Crippen molar-refractivity contribution < 1.29 is 24.2 Å². The Kier molecular flexibility index (Phi) is 5.43. The minimum absolute atomic E-state index is 0.00343. The van der Waals surface area contributed by atoms with Gasteiger partial charge in [-0.2, -0.15) is 0 Å². The van der Waals surface area contributed by atoms with E-state index in [4.69, 9.17) is 16.3 Å². The Labute approximate surface area is 118 Å². The van der Waals surface area contributed by atoms with Crippen molar-refractivity contribution in [3.05, 3.63) is 27.2 Å². The van der Waals surface area contributed by atoms with E-state index >= 15 is 0 Å². The largest absolute Gasteiger partial charge is 0.495 e. The van der Waals surface area contributed by atoms with E-state index in [1.165, 1.54) is 14.2 Å². The van der Waals surface area contributed by atoms with Gasteiger partial charge in [0.15, 0.2) is 0 Å². The maximum Gasteiger partial charge on any atom is 0.399 e. The summed E-state index contributed by atoms with van der Waals surface area (Å²) in [6.07, 6.45) is 0.913. The highest BCUT2D eigenvalue weighted by Gasteiger charge is 2.18. The zero-order valence-corrected chi connectivity index (χ0v) is 12.2. The Balaban J connectivity index is 3.07. The topological polar surface area (TPSA) is 58.8 Å². The number of carbonyl (C=O) groups excluding carboxylic acids is 1. The lowest BCUT2D eigenvalue weighted by atomic mass is 10.2. The zero-order valence-electron chi connectivity index (χ0n) is 9.81. The van der Waals surface area contributed by atoms with Crippen LogP contribution in [0.2, 0.25) is 5.02 Å². The van der Waals surface area contributed by atoms with Crippen LogP contribution < -0.4 is 4.74 Å². The summed E-state index contributed by atoms with van der Waals surface area (Å²) in [5.74, 6) is -0.164. The van der Waals surface area contributed by atoms with Gasteiger partial charge in [-0.1, -0.05) is 11.6 Å². The lowest BCUT2D eigenvalue weighted by molar-refractivity contribution is -0.783. The predicted molar refractivity (Wildman–Crippen MR) is 69.5 cm³/mol. The molecule has 98 valence electrons. The van der Waals surface area contributed by atoms with Gasteiger partial charge in [-0.25, -0.2) is 4.79 Å². The number of hydroxylamine groups is 1. The number of ether oxygens (including phenoxy) is 2. The van der Waals surface area contributed by atoms with Crippen LogP contribution in [0.3, 0.4) is 0 Å². The highest BCUT2D eigenvalue weighted by atomic mass is 79.9. The maximum atomic E-state index is 11.0. The summed E-state index contributed by atoms with van der Waals surface area (Å²) in [7, 11) is 2.71. The second-order valence-corrected chi connectivity index (χ2v) is 4.55. The van der Waals surface area contributed by atoms with Crippen LogP contribution in [-0.2, 0) is 16.1 Å². The van der Waals surface area contributed by atoms with Gasteiger partial charge in [-0.05, 0) is 32.8 Å². The molecule has 18 heavy (non-hydrogen) atoms. The van der Waals surface area contributed by atoms with Crippen LogP contribution in [0.5, 0.6) is 5.75 Å². The number of hydrogen-bond donors (Lipinski definition) is 1. The lowest BCUT2D eigenvalue weighted by Crippen LogP contribution is -2.16. The van der Waals surface area contributed by atoms with Crippen molar-refractivity contribution in [2.75, 3.05) is 14.2 Å². The highest BCUT2D eigenvalue weighted by molar-refractivity contribution is 9.10. The Morgan fingerprint density at radius 2 is 2.22 bits per heavy atom. The smallest absolute Gasteiger partial charge is 0.399 e. The normalized spacial score (nSPS) is 11.2. The van der Waals surface area contributed by atoms with Crippen molar-refractivity contribution in [1.82, 2.24) is 0 Å². The first-order valence-corrected chi connectivity index (χ1v) is 6.06. The van der Waals surface area contributed by atoms with Crippen molar-refractivity contribution in [3.63, 3.8) is 0 Å². The second kappa shape index (κ2) is 6.61. The Hall–Kier alpha value is -1.27. The molecule has 0 saturated carbocycles. The summed E-state index contributed by atoms with van der Waals surface area (Å²) >= 11 is 9.34. The van der Waals surface area contributed by atoms with E-state index in [9.17, 15) is 10.0 Å². The van der Waals surface area contributed by atoms with Crippen molar-refractivity contribution in [1.29, 1.82) is 0 Å². The molecule has 0 spiro atoms. The molecule has 0 saturated heterocycles. The number of methoxy groups -OCH3 is 2. The van der Waals surface area contributed by atoms with Crippen LogP contribution in [0.25, 0.3) is 0 Å². The van der Waals surface area contributed by atoms with E-state index in [0.29, 0.717) is 25.5 Å². The molecule has 0 aliphatic carbocycles. The van der Waals surface area contributed by atoms with Crippen LogP contribution >= 0.6 is 27.5 Å². The van der Waals surface area contributed by atoms with Crippen molar-refractivity contribution in [3.8, 4) is 5.75 Å². The van der Waals surface area contributed by atoms with Gasteiger partial charge < -0.3 is 9.47 Å². The third-order valence-electron chi connectivity index (χ3n) is 2.14. The number of hydrogen-bond acceptors (Lipinski definition) is 4. The van der Waals surface area contributed by atoms with E-state index in [-0.39, 0.29) is 6.54 Å². The number of benzene rings is 1. The molecule has 1 rings (SSSR count). The van der Waals surface area contributed by atoms with Gasteiger partial charge in [0.2, 0.25) is 6.54 Å². The van der Waals surface area contributed by atoms with Gasteiger partial charge in [0.1, 0.15) is 5.75 Å². The molecule has 0 aliphatic heterocycles. The van der Waals surface area contributed by atoms with Gasteiger partial charge in [-0.3, -0.25) is 5.21 Å². The van der Waals surface area contributed by atoms with Crippen LogP contribution in [0.4, 0.5) is 0 Å². The highest BCUT2D eigenvalue weighted by Crippen LogP contribution is 2.34. The maximum absolute atomic E-state index is 11.0. The van der Waals surface area contributed by atoms with Gasteiger partial charge in [-0.15, -0.1) is 0 Å². The fourth-order valence-electron chi connectivity index (χ4n) is 1.33. The summed E-state index contributed by atoms with van der Waals surface area (Å²) in [6.45, 7) is -0.00343. The summed E-state index contributed by atoms with van der Waals surface area (Å²) in [4.78, 5) is 11.0. The number of esters is 1. The molecule has 0 aliphatic rings. The molecule has 1 N–H and O–H groups in total. The predicted octanol–water partition coefficient (Wildman–Crippen LogP) is 2.26. The van der Waals surface area contributed by atoms with Gasteiger partial charge in [0, 0.05) is 0 Å². The first-order chi connectivity index (χ1) is 8.49. The molecule has 0 amide bonds. The van der Waals surface area contributed by atoms with E-state index in [1.54, 1.807) is 12.1 Å². The Bertz CT molecular complexity index is 490. The van der Waals surface area contributed by atoms with Crippen LogP contribution in [0.15, 0.2) is 16.6 Å². The molecular weight excluding hydrogens is 325 g/mol. The molecule has 0 fully saturated rings. The SMILES string of the molecule is COC(=O)C=[N+](O)Cc1c(Cl)ccc(Br)c1OC. The number of carbonyl (C=O) groups is 1. The van der Waals surface area contributed by atoms with Gasteiger partial charge in [0.25, 0.3) is 6.21 Å². The quantitative estimate of drug-likeness (QED) is 0.301. The molecule has 0 radical (unpaired) electrons. The molecular formula is C11H12BrClNO4+. The molecule has 0 atom stereocenters. The fourth-order valence-corrected chi connectivity index (χ4v) is 2.07. The number of halogens is 2. The Morgan fingerprint density at radius 1 is 1.56 bits per heavy atom. The average Bonchev–Trinajstić information content (AvgIpc) is 2.34. The summed E-state index contributed by atoms with van der Waals surface area (Å²) in [6, 6.07) is 3.39. The third-order valence-corrected chi connectivity index (χ3v) is 3.11. The first kappa shape index (κ1) is 14.8. The molecule has 0 heterocycles. The molecule has 5 nitrogen and oxygen atoms in total. The zero-order chi connectivity index (χ0) is 13.7. The first-order valence-electron chi connectivity index (χ1n) is 4.88. The molecule has 1 aromatic carbocycles. The minimum atomic E-state index is -0.664. The van der Waals surface area contributed by atoms with Crippen LogP contribution in [-0.4, -0.2) is 36.3 Å². The van der Waals surface area contributed by atoms with E-state index in [0.717, 1.165) is 6.21 Å². The van der Waals surface area contributed by atoms with Gasteiger partial charge in [0.05, 0.1) is 29.3 Å². The fraction of sp³-hybridized carbons (Fsp3) is 0.273. The third kappa shape index (κ3) is 3.61. The minimum Gasteiger partial charge on any atom is -0.495 e. The monoisotopic (exact) mass is 336 g/mol. The van der Waals surface area contributed by atoms with Crippen molar-refractivity contribution in [2.24, 2.45) is 0 Å². The summed E-state index contributed by atoms with van der Waals surface area (Å²) in [5, 5.41) is 10.0. The van der Waals surface area contributed by atoms with Crippen LogP contribution in [0, 0.1) is 0 Å². The standard InChI is InChI=1S/C11H12BrClNO4/c1-17-10(15)6-14(16)5-7-9(13)4-3-8(12)11(7)18-2/h3-4,6,16H,5H2,1-2H3/q+1. The average molecular weight is 338 g/mol. The van der Waals surface area contributed by atoms with E-state index in [1.807, 2.05) is 0 Å². The molecule has 0 aromatic heterocycles. The molecule has 7 heteroatoms. The van der Waals surface area contributed by atoms with E-state index < -0.39 is 5.97 Å². The summed E-state index contributed by atoms with van der Waals surface area (Å²) < 4.78 is 11.0. The summed E-state index contributed by atoms with van der Waals surface area (Å²) in [5.41, 5.74) is 0.552. The Morgan fingerprint density at radius 3 is 2.78 bits per heavy atom. The van der Waals surface area contributed by atoms with Crippen molar-refractivity contribution in [2.45, 2.75) is 6.54 Å². The number of rotatable bonds is 4. The second-order valence-electron chi connectivity index (χ2n) is 3.29. The molecule has 0 unspecified atom stereocenters. The van der Waals surface area contributed by atoms with Gasteiger partial charge >= 0.3 is 5.97 Å². The van der Waals surface area contributed by atoms with Crippen molar-refractivity contribution >= 4 is 39.7 Å². The van der Waals surface area contributed by atoms with Crippen LogP contribution in [0.1, 0.15) is 5.56 Å². The van der Waals surface area contributed by atoms with E-state index in [2.05, 4.69) is 20.7 Å².